The molecule has 0 saturated heterocycles. The molecule has 0 aliphatic heterocycles. The Kier molecular flexibility index (Phi) is 3.06. The van der Waals surface area contributed by atoms with Gasteiger partial charge in [0, 0.05) is 5.56 Å². The second kappa shape index (κ2) is 4.66. The van der Waals surface area contributed by atoms with E-state index in [-0.39, 0.29) is 0 Å². The lowest BCUT2D eigenvalue weighted by atomic mass is 9.98. The van der Waals surface area contributed by atoms with E-state index >= 15 is 0 Å². The summed E-state index contributed by atoms with van der Waals surface area (Å²) in [6.07, 6.45) is 0. The molecule has 0 radical (unpaired) electrons. The molecule has 2 aromatic rings. The van der Waals surface area contributed by atoms with Crippen LogP contribution in [0.1, 0.15) is 21.5 Å². The first-order valence-corrected chi connectivity index (χ1v) is 5.33. The van der Waals surface area contributed by atoms with Crippen LogP contribution in [0.15, 0.2) is 61.2 Å². The monoisotopic (exact) mass is 223 g/mol. The van der Waals surface area contributed by atoms with E-state index < -0.39 is 5.91 Å². The Hall–Kier alpha value is -2.35. The second-order valence-electron chi connectivity index (χ2n) is 3.79. The van der Waals surface area contributed by atoms with Gasteiger partial charge in [-0.05, 0) is 28.8 Å². The van der Waals surface area contributed by atoms with Crippen LogP contribution in [0.5, 0.6) is 0 Å². The van der Waals surface area contributed by atoms with Crippen molar-refractivity contribution in [2.24, 2.45) is 5.73 Å². The normalized spacial score (nSPS) is 9.88. The van der Waals surface area contributed by atoms with Gasteiger partial charge in [-0.25, -0.2) is 0 Å². The second-order valence-corrected chi connectivity index (χ2v) is 3.79. The Morgan fingerprint density at radius 2 is 1.47 bits per heavy atom. The van der Waals surface area contributed by atoms with Crippen LogP contribution in [0.3, 0.4) is 0 Å². The van der Waals surface area contributed by atoms with Crippen molar-refractivity contribution in [3.8, 4) is 0 Å². The molecule has 84 valence electrons. The van der Waals surface area contributed by atoms with Crippen LogP contribution >= 0.6 is 0 Å². The number of carbonyl (C=O) groups excluding carboxylic acids is 1. The van der Waals surface area contributed by atoms with Gasteiger partial charge in [0.25, 0.3) is 0 Å². The molecule has 0 aliphatic rings. The largest absolute Gasteiger partial charge is 0.366 e. The molecule has 0 aromatic heterocycles. The standard InChI is InChI=1S/C15H13NO/c1-11(12-6-3-2-4-7-12)13-8-5-9-14(10-13)15(16)17/h2-10H,1H2,(H2,16,17). The number of amides is 1. The SMILES string of the molecule is C=C(c1ccccc1)c1cccc(C(N)=O)c1. The van der Waals surface area contributed by atoms with E-state index in [1.54, 1.807) is 12.1 Å². The van der Waals surface area contributed by atoms with Crippen LogP contribution in [0.25, 0.3) is 5.57 Å². The summed E-state index contributed by atoms with van der Waals surface area (Å²) in [4.78, 5) is 11.1. The number of hydrogen-bond donors (Lipinski definition) is 1. The maximum absolute atomic E-state index is 11.1. The highest BCUT2D eigenvalue weighted by Crippen LogP contribution is 2.21. The van der Waals surface area contributed by atoms with Crippen molar-refractivity contribution in [2.75, 3.05) is 0 Å². The van der Waals surface area contributed by atoms with Crippen LogP contribution < -0.4 is 5.73 Å². The maximum atomic E-state index is 11.1. The fourth-order valence-electron chi connectivity index (χ4n) is 1.67. The molecule has 2 nitrogen and oxygen atoms in total. The molecule has 2 heteroatoms. The fourth-order valence-corrected chi connectivity index (χ4v) is 1.67. The molecule has 2 rings (SSSR count). The molecule has 0 fully saturated rings. The summed E-state index contributed by atoms with van der Waals surface area (Å²) in [5.74, 6) is -0.423. The van der Waals surface area contributed by atoms with Crippen LogP contribution in [0.2, 0.25) is 0 Å². The summed E-state index contributed by atoms with van der Waals surface area (Å²) in [5.41, 5.74) is 8.58. The summed E-state index contributed by atoms with van der Waals surface area (Å²) in [6, 6.07) is 17.0. The van der Waals surface area contributed by atoms with E-state index in [0.717, 1.165) is 16.7 Å². The van der Waals surface area contributed by atoms with E-state index in [9.17, 15) is 4.79 Å². The van der Waals surface area contributed by atoms with Crippen molar-refractivity contribution in [1.29, 1.82) is 0 Å². The van der Waals surface area contributed by atoms with Crippen molar-refractivity contribution in [2.45, 2.75) is 0 Å². The summed E-state index contributed by atoms with van der Waals surface area (Å²) in [6.45, 7) is 4.04. The first kappa shape index (κ1) is 11.1. The summed E-state index contributed by atoms with van der Waals surface area (Å²) < 4.78 is 0. The minimum atomic E-state index is -0.423. The molecule has 0 heterocycles. The molecule has 0 aliphatic carbocycles. The number of nitrogens with two attached hydrogens (primary N) is 1. The number of benzene rings is 2. The highest BCUT2D eigenvalue weighted by atomic mass is 16.1. The van der Waals surface area contributed by atoms with E-state index in [4.69, 9.17) is 5.73 Å². The van der Waals surface area contributed by atoms with Gasteiger partial charge in [0.05, 0.1) is 0 Å². The molecule has 17 heavy (non-hydrogen) atoms. The predicted octanol–water partition coefficient (Wildman–Crippen LogP) is 2.85. The average molecular weight is 223 g/mol. The molecule has 0 unspecified atom stereocenters. The van der Waals surface area contributed by atoms with E-state index in [0.29, 0.717) is 5.56 Å². The van der Waals surface area contributed by atoms with Gasteiger partial charge in [-0.15, -0.1) is 0 Å². The van der Waals surface area contributed by atoms with Crippen molar-refractivity contribution in [3.05, 3.63) is 77.9 Å². The minimum Gasteiger partial charge on any atom is -0.366 e. The molecule has 0 spiro atoms. The van der Waals surface area contributed by atoms with Crippen molar-refractivity contribution in [3.63, 3.8) is 0 Å². The number of primary amides is 1. The van der Waals surface area contributed by atoms with Crippen LogP contribution in [-0.2, 0) is 0 Å². The zero-order valence-corrected chi connectivity index (χ0v) is 9.39. The third-order valence-corrected chi connectivity index (χ3v) is 2.62. The minimum absolute atomic E-state index is 0.423. The molecule has 0 saturated carbocycles. The number of carbonyl (C=O) groups is 1. The smallest absolute Gasteiger partial charge is 0.248 e. The Morgan fingerprint density at radius 1 is 0.882 bits per heavy atom. The molecular formula is C15H13NO. The van der Waals surface area contributed by atoms with Crippen molar-refractivity contribution < 1.29 is 4.79 Å². The lowest BCUT2D eigenvalue weighted by Gasteiger charge is -2.07. The summed E-state index contributed by atoms with van der Waals surface area (Å²) in [7, 11) is 0. The third-order valence-electron chi connectivity index (χ3n) is 2.62. The Bertz CT molecular complexity index is 558. The topological polar surface area (TPSA) is 43.1 Å². The van der Waals surface area contributed by atoms with Crippen molar-refractivity contribution in [1.82, 2.24) is 0 Å². The van der Waals surface area contributed by atoms with Gasteiger partial charge in [0.1, 0.15) is 0 Å². The molecule has 0 atom stereocenters. The van der Waals surface area contributed by atoms with Gasteiger partial charge in [-0.2, -0.15) is 0 Å². The summed E-state index contributed by atoms with van der Waals surface area (Å²) in [5, 5.41) is 0. The Labute approximate surface area is 100 Å². The number of hydrogen-bond acceptors (Lipinski definition) is 1. The summed E-state index contributed by atoms with van der Waals surface area (Å²) >= 11 is 0. The first-order chi connectivity index (χ1) is 8.18. The fraction of sp³-hybridized carbons (Fsp3) is 0. The van der Waals surface area contributed by atoms with Gasteiger partial charge in [0.15, 0.2) is 0 Å². The maximum Gasteiger partial charge on any atom is 0.248 e. The molecule has 2 N–H and O–H groups in total. The van der Waals surface area contributed by atoms with Gasteiger partial charge in [-0.1, -0.05) is 49.0 Å². The van der Waals surface area contributed by atoms with Gasteiger partial charge >= 0.3 is 0 Å². The van der Waals surface area contributed by atoms with Crippen molar-refractivity contribution >= 4 is 11.5 Å². The predicted molar refractivity (Wildman–Crippen MR) is 69.5 cm³/mol. The quantitative estimate of drug-likeness (QED) is 0.854. The highest BCUT2D eigenvalue weighted by Gasteiger charge is 2.05. The Morgan fingerprint density at radius 3 is 2.12 bits per heavy atom. The van der Waals surface area contributed by atoms with Gasteiger partial charge in [-0.3, -0.25) is 4.79 Å². The molecule has 1 amide bonds. The van der Waals surface area contributed by atoms with E-state index in [1.165, 1.54) is 0 Å². The van der Waals surface area contributed by atoms with Gasteiger partial charge < -0.3 is 5.73 Å². The third kappa shape index (κ3) is 2.42. The van der Waals surface area contributed by atoms with Crippen LogP contribution in [0.4, 0.5) is 0 Å². The van der Waals surface area contributed by atoms with E-state index in [2.05, 4.69) is 6.58 Å². The average Bonchev–Trinajstić information content (AvgIpc) is 2.39. The lowest BCUT2D eigenvalue weighted by molar-refractivity contribution is 0.100. The molecule has 2 aromatic carbocycles. The molecule has 0 bridgehead atoms. The van der Waals surface area contributed by atoms with Crippen LogP contribution in [-0.4, -0.2) is 5.91 Å². The van der Waals surface area contributed by atoms with Gasteiger partial charge in [0.2, 0.25) is 5.91 Å². The first-order valence-electron chi connectivity index (χ1n) is 5.33. The number of rotatable bonds is 3. The highest BCUT2D eigenvalue weighted by molar-refractivity contribution is 5.94. The zero-order chi connectivity index (χ0) is 12.3. The van der Waals surface area contributed by atoms with Crippen LogP contribution in [0, 0.1) is 0 Å². The molecular weight excluding hydrogens is 210 g/mol. The Balaban J connectivity index is 2.38. The zero-order valence-electron chi connectivity index (χ0n) is 9.39. The van der Waals surface area contributed by atoms with E-state index in [1.807, 2.05) is 42.5 Å². The lowest BCUT2D eigenvalue weighted by Crippen LogP contribution is -2.10.